The van der Waals surface area contributed by atoms with E-state index in [0.717, 1.165) is 5.56 Å². The van der Waals surface area contributed by atoms with Crippen LogP contribution in [0.15, 0.2) is 60.1 Å². The quantitative estimate of drug-likeness (QED) is 0.770. The van der Waals surface area contributed by atoms with Gasteiger partial charge in [-0.15, -0.1) is 0 Å². The van der Waals surface area contributed by atoms with E-state index >= 15 is 0 Å². The van der Waals surface area contributed by atoms with Gasteiger partial charge in [0.15, 0.2) is 0 Å². The molecule has 0 unspecified atom stereocenters. The van der Waals surface area contributed by atoms with Gasteiger partial charge in [0.1, 0.15) is 11.6 Å². The first-order valence-electron chi connectivity index (χ1n) is 6.91. The average molecular weight is 328 g/mol. The molecule has 3 aromatic rings. The van der Waals surface area contributed by atoms with Crippen LogP contribution in [0.25, 0.3) is 0 Å². The number of hydrogen-bond acceptors (Lipinski definition) is 4. The second-order valence-electron chi connectivity index (χ2n) is 4.73. The van der Waals surface area contributed by atoms with Gasteiger partial charge >= 0.3 is 0 Å². The summed E-state index contributed by atoms with van der Waals surface area (Å²) >= 11 is 1.40. The highest BCUT2D eigenvalue weighted by atomic mass is 32.1. The van der Waals surface area contributed by atoms with Crippen molar-refractivity contribution < 1.29 is 13.9 Å². The summed E-state index contributed by atoms with van der Waals surface area (Å²) in [5.74, 6) is 0.126. The van der Waals surface area contributed by atoms with Gasteiger partial charge in [0.05, 0.1) is 0 Å². The number of carbonyl (C=O) groups excluding carboxylic acids is 1. The van der Waals surface area contributed by atoms with E-state index in [1.807, 2.05) is 5.38 Å². The zero-order chi connectivity index (χ0) is 16.1. The Hall–Kier alpha value is -2.73. The number of carbonyl (C=O) groups is 1. The van der Waals surface area contributed by atoms with Crippen molar-refractivity contribution in [1.82, 2.24) is 10.3 Å². The molecule has 4 nitrogen and oxygen atoms in total. The first kappa shape index (κ1) is 15.2. The van der Waals surface area contributed by atoms with E-state index in [0.29, 0.717) is 23.1 Å². The van der Waals surface area contributed by atoms with Crippen molar-refractivity contribution in [2.75, 3.05) is 0 Å². The van der Waals surface area contributed by atoms with Crippen LogP contribution in [0.2, 0.25) is 0 Å². The third-order valence-electron chi connectivity index (χ3n) is 3.10. The van der Waals surface area contributed by atoms with Crippen molar-refractivity contribution in [3.05, 3.63) is 77.1 Å². The summed E-state index contributed by atoms with van der Waals surface area (Å²) in [6.45, 7) is 0.344. The van der Waals surface area contributed by atoms with E-state index in [9.17, 15) is 9.18 Å². The minimum Gasteiger partial charge on any atom is -0.431 e. The molecule has 1 aromatic heterocycles. The summed E-state index contributed by atoms with van der Waals surface area (Å²) in [7, 11) is 0. The molecule has 116 valence electrons. The summed E-state index contributed by atoms with van der Waals surface area (Å²) in [5.41, 5.74) is 1.36. The van der Waals surface area contributed by atoms with Crippen LogP contribution in [0, 0.1) is 5.82 Å². The van der Waals surface area contributed by atoms with E-state index in [2.05, 4.69) is 10.3 Å². The second kappa shape index (κ2) is 7.02. The lowest BCUT2D eigenvalue weighted by molar-refractivity contribution is 0.0951. The molecule has 0 aliphatic heterocycles. The minimum absolute atomic E-state index is 0.199. The van der Waals surface area contributed by atoms with Crippen molar-refractivity contribution in [3.63, 3.8) is 0 Å². The molecule has 2 aromatic carbocycles. The fourth-order valence-electron chi connectivity index (χ4n) is 1.92. The summed E-state index contributed by atoms with van der Waals surface area (Å²) in [4.78, 5) is 16.1. The van der Waals surface area contributed by atoms with Crippen molar-refractivity contribution in [3.8, 4) is 10.9 Å². The summed E-state index contributed by atoms with van der Waals surface area (Å²) in [6.07, 6.45) is 1.66. The predicted octanol–water partition coefficient (Wildman–Crippen LogP) is 4.00. The molecule has 1 amide bonds. The second-order valence-corrected chi connectivity index (χ2v) is 5.59. The third-order valence-corrected chi connectivity index (χ3v) is 3.75. The predicted molar refractivity (Wildman–Crippen MR) is 86.2 cm³/mol. The van der Waals surface area contributed by atoms with Gasteiger partial charge in [-0.1, -0.05) is 23.5 Å². The van der Waals surface area contributed by atoms with E-state index in [1.165, 1.54) is 23.5 Å². The molecule has 0 radical (unpaired) electrons. The van der Waals surface area contributed by atoms with Crippen LogP contribution in [0.4, 0.5) is 4.39 Å². The highest BCUT2D eigenvalue weighted by Gasteiger charge is 2.06. The molecule has 0 atom stereocenters. The number of halogens is 1. The Labute approximate surface area is 136 Å². The molecule has 1 heterocycles. The van der Waals surface area contributed by atoms with Crippen LogP contribution < -0.4 is 10.1 Å². The molecule has 6 heteroatoms. The van der Waals surface area contributed by atoms with Gasteiger partial charge in [0, 0.05) is 23.7 Å². The molecular formula is C17H13FN2O2S. The lowest BCUT2D eigenvalue weighted by Crippen LogP contribution is -2.22. The molecule has 0 saturated carbocycles. The van der Waals surface area contributed by atoms with Crippen LogP contribution in [0.1, 0.15) is 15.9 Å². The number of amides is 1. The standard InChI is InChI=1S/C17H13FN2O2S/c18-14-5-1-12(2-6-14)11-20-16(21)13-3-7-15(8-4-13)22-17-19-9-10-23-17/h1-10H,11H2,(H,20,21). The molecular weight excluding hydrogens is 315 g/mol. The fraction of sp³-hybridized carbons (Fsp3) is 0.0588. The lowest BCUT2D eigenvalue weighted by Gasteiger charge is -2.06. The van der Waals surface area contributed by atoms with Gasteiger partial charge in [-0.2, -0.15) is 0 Å². The third kappa shape index (κ3) is 4.14. The van der Waals surface area contributed by atoms with Crippen LogP contribution in [-0.4, -0.2) is 10.9 Å². The summed E-state index contributed by atoms with van der Waals surface area (Å²) in [6, 6.07) is 12.8. The first-order chi connectivity index (χ1) is 11.2. The number of benzene rings is 2. The number of rotatable bonds is 5. The molecule has 0 bridgehead atoms. The average Bonchev–Trinajstić information content (AvgIpc) is 3.08. The van der Waals surface area contributed by atoms with Crippen molar-refractivity contribution in [1.29, 1.82) is 0 Å². The fourth-order valence-corrected chi connectivity index (χ4v) is 2.43. The Balaban J connectivity index is 1.58. The Bertz CT molecular complexity index is 771. The molecule has 3 rings (SSSR count). The number of aromatic nitrogens is 1. The number of hydrogen-bond donors (Lipinski definition) is 1. The number of ether oxygens (including phenoxy) is 1. The van der Waals surface area contributed by atoms with Crippen molar-refractivity contribution >= 4 is 17.2 Å². The maximum absolute atomic E-state index is 12.8. The zero-order valence-corrected chi connectivity index (χ0v) is 12.8. The van der Waals surface area contributed by atoms with E-state index in [4.69, 9.17) is 4.74 Å². The van der Waals surface area contributed by atoms with Crippen LogP contribution in [0.5, 0.6) is 10.9 Å². The van der Waals surface area contributed by atoms with E-state index in [-0.39, 0.29) is 11.7 Å². The van der Waals surface area contributed by atoms with Gasteiger partial charge in [-0.25, -0.2) is 9.37 Å². The minimum atomic E-state index is -0.295. The van der Waals surface area contributed by atoms with Crippen LogP contribution in [-0.2, 0) is 6.54 Å². The number of nitrogens with zero attached hydrogens (tertiary/aromatic N) is 1. The van der Waals surface area contributed by atoms with Gasteiger partial charge in [-0.05, 0) is 42.0 Å². The SMILES string of the molecule is O=C(NCc1ccc(F)cc1)c1ccc(Oc2nccs2)cc1. The maximum Gasteiger partial charge on any atom is 0.278 e. The first-order valence-corrected chi connectivity index (χ1v) is 7.79. The zero-order valence-electron chi connectivity index (χ0n) is 12.0. The lowest BCUT2D eigenvalue weighted by atomic mass is 10.2. The van der Waals surface area contributed by atoms with Gasteiger partial charge in [-0.3, -0.25) is 4.79 Å². The van der Waals surface area contributed by atoms with Crippen molar-refractivity contribution in [2.24, 2.45) is 0 Å². The molecule has 0 aliphatic rings. The summed E-state index contributed by atoms with van der Waals surface area (Å²) in [5, 5.41) is 5.17. The maximum atomic E-state index is 12.8. The molecule has 0 saturated heterocycles. The van der Waals surface area contributed by atoms with Crippen LogP contribution >= 0.6 is 11.3 Å². The van der Waals surface area contributed by atoms with Crippen LogP contribution in [0.3, 0.4) is 0 Å². The Morgan fingerprint density at radius 2 is 1.87 bits per heavy atom. The largest absolute Gasteiger partial charge is 0.431 e. The molecule has 1 N–H and O–H groups in total. The molecule has 0 fully saturated rings. The normalized spacial score (nSPS) is 10.3. The smallest absolute Gasteiger partial charge is 0.278 e. The van der Waals surface area contributed by atoms with E-state index < -0.39 is 0 Å². The Kier molecular flexibility index (Phi) is 4.63. The van der Waals surface area contributed by atoms with Gasteiger partial charge < -0.3 is 10.1 Å². The summed E-state index contributed by atoms with van der Waals surface area (Å²) < 4.78 is 18.4. The highest BCUT2D eigenvalue weighted by molar-refractivity contribution is 7.11. The number of nitrogens with one attached hydrogen (secondary N) is 1. The Morgan fingerprint density at radius 3 is 2.52 bits per heavy atom. The van der Waals surface area contributed by atoms with Crippen molar-refractivity contribution in [2.45, 2.75) is 6.54 Å². The van der Waals surface area contributed by atoms with Gasteiger partial charge in [0.2, 0.25) is 0 Å². The monoisotopic (exact) mass is 328 g/mol. The van der Waals surface area contributed by atoms with E-state index in [1.54, 1.807) is 42.6 Å². The van der Waals surface area contributed by atoms with Gasteiger partial charge in [0.25, 0.3) is 11.1 Å². The Morgan fingerprint density at radius 1 is 1.13 bits per heavy atom. The topological polar surface area (TPSA) is 51.2 Å². The highest BCUT2D eigenvalue weighted by Crippen LogP contribution is 2.23. The molecule has 0 spiro atoms. The number of thiazole rings is 1. The molecule has 0 aliphatic carbocycles. The molecule has 23 heavy (non-hydrogen) atoms.